The van der Waals surface area contributed by atoms with Crippen molar-refractivity contribution < 1.29 is 5.11 Å². The molecule has 92 valence electrons. The summed E-state index contributed by atoms with van der Waals surface area (Å²) >= 11 is 0. The zero-order chi connectivity index (χ0) is 11.8. The Bertz CT molecular complexity index is 260. The minimum Gasteiger partial charge on any atom is -0.389 e. The summed E-state index contributed by atoms with van der Waals surface area (Å²) in [4.78, 5) is 4.50. The molecule has 1 heterocycles. The average Bonchev–Trinajstić information content (AvgIpc) is 2.98. The lowest BCUT2D eigenvalue weighted by molar-refractivity contribution is 0.0248. The van der Waals surface area contributed by atoms with Gasteiger partial charge in [0, 0.05) is 38.6 Å². The van der Waals surface area contributed by atoms with E-state index >= 15 is 0 Å². The largest absolute Gasteiger partial charge is 0.389 e. The summed E-state index contributed by atoms with van der Waals surface area (Å²) in [7, 11) is 0. The molecule has 0 unspecified atom stereocenters. The van der Waals surface area contributed by atoms with E-state index in [4.69, 9.17) is 5.41 Å². The molecule has 16 heavy (non-hydrogen) atoms. The van der Waals surface area contributed by atoms with E-state index in [1.165, 1.54) is 12.8 Å². The van der Waals surface area contributed by atoms with E-state index in [0.29, 0.717) is 5.92 Å². The monoisotopic (exact) mass is 225 g/mol. The van der Waals surface area contributed by atoms with E-state index in [1.54, 1.807) is 0 Å². The summed E-state index contributed by atoms with van der Waals surface area (Å²) < 4.78 is 0. The summed E-state index contributed by atoms with van der Waals surface area (Å²) in [6, 6.07) is 0. The van der Waals surface area contributed by atoms with Crippen LogP contribution in [0.3, 0.4) is 0 Å². The highest BCUT2D eigenvalue weighted by Gasteiger charge is 2.32. The molecule has 2 aliphatic rings. The number of hydrogen-bond donors (Lipinski definition) is 2. The molecule has 4 heteroatoms. The van der Waals surface area contributed by atoms with Crippen LogP contribution >= 0.6 is 0 Å². The molecule has 0 amide bonds. The smallest absolute Gasteiger partial charge is 0.0990 e. The van der Waals surface area contributed by atoms with Gasteiger partial charge in [0.15, 0.2) is 0 Å². The minimum atomic E-state index is -0.605. The van der Waals surface area contributed by atoms with Crippen LogP contribution in [0.4, 0.5) is 0 Å². The third kappa shape index (κ3) is 3.19. The van der Waals surface area contributed by atoms with Gasteiger partial charge in [-0.15, -0.1) is 0 Å². The first-order valence-corrected chi connectivity index (χ1v) is 6.24. The lowest BCUT2D eigenvalue weighted by Gasteiger charge is -2.38. The molecule has 0 atom stereocenters. The second-order valence-corrected chi connectivity index (χ2v) is 5.74. The molecule has 0 bridgehead atoms. The van der Waals surface area contributed by atoms with E-state index in [2.05, 4.69) is 9.80 Å². The summed E-state index contributed by atoms with van der Waals surface area (Å²) in [5.41, 5.74) is -0.605. The maximum atomic E-state index is 9.75. The van der Waals surface area contributed by atoms with Crippen LogP contribution in [0.5, 0.6) is 0 Å². The van der Waals surface area contributed by atoms with Gasteiger partial charge in [0.05, 0.1) is 11.4 Å². The van der Waals surface area contributed by atoms with Gasteiger partial charge in [-0.1, -0.05) is 0 Å². The van der Waals surface area contributed by atoms with Crippen molar-refractivity contribution in [1.82, 2.24) is 9.80 Å². The fourth-order valence-corrected chi connectivity index (χ4v) is 2.31. The van der Waals surface area contributed by atoms with E-state index in [9.17, 15) is 5.11 Å². The minimum absolute atomic E-state index is 0.556. The highest BCUT2D eigenvalue weighted by atomic mass is 16.3. The van der Waals surface area contributed by atoms with Crippen LogP contribution in [0.15, 0.2) is 0 Å². The Morgan fingerprint density at radius 2 is 1.81 bits per heavy atom. The molecule has 4 nitrogen and oxygen atoms in total. The van der Waals surface area contributed by atoms with Gasteiger partial charge in [-0.25, -0.2) is 0 Å². The van der Waals surface area contributed by atoms with Gasteiger partial charge in [-0.05, 0) is 26.7 Å². The van der Waals surface area contributed by atoms with Gasteiger partial charge >= 0.3 is 0 Å². The Morgan fingerprint density at radius 1 is 1.25 bits per heavy atom. The van der Waals surface area contributed by atoms with Crippen molar-refractivity contribution in [3.8, 4) is 0 Å². The molecule has 0 spiro atoms. The lowest BCUT2D eigenvalue weighted by atomic mass is 10.1. The van der Waals surface area contributed by atoms with Crippen molar-refractivity contribution in [2.24, 2.45) is 5.92 Å². The van der Waals surface area contributed by atoms with Crippen molar-refractivity contribution in [1.29, 1.82) is 5.41 Å². The zero-order valence-electron chi connectivity index (χ0n) is 10.4. The van der Waals surface area contributed by atoms with E-state index in [-0.39, 0.29) is 0 Å². The fourth-order valence-electron chi connectivity index (χ4n) is 2.31. The molecular weight excluding hydrogens is 202 g/mol. The number of piperazine rings is 1. The van der Waals surface area contributed by atoms with E-state index in [1.807, 2.05) is 13.8 Å². The molecular formula is C12H23N3O. The van der Waals surface area contributed by atoms with Crippen molar-refractivity contribution in [2.45, 2.75) is 32.3 Å². The molecule has 2 rings (SSSR count). The normalized spacial score (nSPS) is 23.6. The maximum absolute atomic E-state index is 9.75. The van der Waals surface area contributed by atoms with Crippen molar-refractivity contribution >= 4 is 5.84 Å². The number of nitrogens with zero attached hydrogens (tertiary/aromatic N) is 2. The standard InChI is InChI=1S/C12H23N3O/c1-12(2,16)9-14-5-7-15(8-6-14)11(13)10-3-4-10/h10,13,16H,3-9H2,1-2H3. The van der Waals surface area contributed by atoms with Crippen LogP contribution in [-0.2, 0) is 0 Å². The first-order valence-electron chi connectivity index (χ1n) is 6.24. The van der Waals surface area contributed by atoms with E-state index in [0.717, 1.165) is 38.6 Å². The summed E-state index contributed by atoms with van der Waals surface area (Å²) in [5.74, 6) is 1.41. The molecule has 2 fully saturated rings. The van der Waals surface area contributed by atoms with Gasteiger partial charge in [0.25, 0.3) is 0 Å². The molecule has 0 aromatic rings. The van der Waals surface area contributed by atoms with Crippen LogP contribution in [0.2, 0.25) is 0 Å². The van der Waals surface area contributed by atoms with Crippen molar-refractivity contribution in [3.05, 3.63) is 0 Å². The summed E-state index contributed by atoms with van der Waals surface area (Å²) in [6.45, 7) is 8.28. The van der Waals surface area contributed by atoms with Crippen LogP contribution in [0, 0.1) is 11.3 Å². The van der Waals surface area contributed by atoms with E-state index < -0.39 is 5.60 Å². The number of rotatable bonds is 3. The van der Waals surface area contributed by atoms with Gasteiger partial charge in [-0.3, -0.25) is 10.3 Å². The third-order valence-corrected chi connectivity index (χ3v) is 3.29. The molecule has 2 N–H and O–H groups in total. The topological polar surface area (TPSA) is 50.6 Å². The first kappa shape index (κ1) is 11.9. The van der Waals surface area contributed by atoms with Gasteiger partial charge < -0.3 is 10.0 Å². The Morgan fingerprint density at radius 3 is 2.25 bits per heavy atom. The number of nitrogens with one attached hydrogen (secondary N) is 1. The van der Waals surface area contributed by atoms with Crippen molar-refractivity contribution in [2.75, 3.05) is 32.7 Å². The van der Waals surface area contributed by atoms with Crippen LogP contribution in [0.25, 0.3) is 0 Å². The molecule has 0 aromatic carbocycles. The predicted molar refractivity (Wildman–Crippen MR) is 64.8 cm³/mol. The third-order valence-electron chi connectivity index (χ3n) is 3.29. The first-order chi connectivity index (χ1) is 7.46. The highest BCUT2D eigenvalue weighted by molar-refractivity contribution is 5.83. The lowest BCUT2D eigenvalue weighted by Crippen LogP contribution is -2.52. The number of amidine groups is 1. The fraction of sp³-hybridized carbons (Fsp3) is 0.917. The van der Waals surface area contributed by atoms with Crippen LogP contribution in [-0.4, -0.2) is 59.1 Å². The molecule has 1 aliphatic carbocycles. The van der Waals surface area contributed by atoms with Gasteiger partial charge in [0.2, 0.25) is 0 Å². The zero-order valence-corrected chi connectivity index (χ0v) is 10.4. The summed E-state index contributed by atoms with van der Waals surface area (Å²) in [5, 5.41) is 17.7. The van der Waals surface area contributed by atoms with Gasteiger partial charge in [-0.2, -0.15) is 0 Å². The number of β-amino-alcohol motifs (C(OH)–C–C–N with tert-alkyl or cyclic N) is 1. The summed E-state index contributed by atoms with van der Waals surface area (Å²) in [6.07, 6.45) is 2.42. The van der Waals surface area contributed by atoms with Gasteiger partial charge in [0.1, 0.15) is 0 Å². The Labute approximate surface area is 97.7 Å². The Balaban J connectivity index is 1.75. The Hall–Kier alpha value is -0.610. The second kappa shape index (κ2) is 4.34. The van der Waals surface area contributed by atoms with Crippen LogP contribution < -0.4 is 0 Å². The second-order valence-electron chi connectivity index (χ2n) is 5.74. The molecule has 1 aliphatic heterocycles. The number of aliphatic hydroxyl groups is 1. The maximum Gasteiger partial charge on any atom is 0.0990 e. The van der Waals surface area contributed by atoms with Crippen molar-refractivity contribution in [3.63, 3.8) is 0 Å². The molecule has 0 aromatic heterocycles. The molecule has 1 saturated carbocycles. The van der Waals surface area contributed by atoms with Crippen LogP contribution in [0.1, 0.15) is 26.7 Å². The quantitative estimate of drug-likeness (QED) is 0.551. The average molecular weight is 225 g/mol. The number of hydrogen-bond acceptors (Lipinski definition) is 3. The SMILES string of the molecule is CC(C)(O)CN1CCN(C(=N)C2CC2)CC1. The highest BCUT2D eigenvalue weighted by Crippen LogP contribution is 2.31. The molecule has 1 saturated heterocycles. The molecule has 0 radical (unpaired) electrons. The predicted octanol–water partition coefficient (Wildman–Crippen LogP) is 0.762. The Kier molecular flexibility index (Phi) is 3.22.